The first-order chi connectivity index (χ1) is 6.43. The third kappa shape index (κ3) is 2.07. The van der Waals surface area contributed by atoms with E-state index in [9.17, 15) is 9.90 Å². The van der Waals surface area contributed by atoms with Crippen molar-refractivity contribution in [1.82, 2.24) is 0 Å². The van der Waals surface area contributed by atoms with E-state index in [0.29, 0.717) is 10.6 Å². The van der Waals surface area contributed by atoms with Crippen LogP contribution in [0.15, 0.2) is 6.07 Å². The van der Waals surface area contributed by atoms with E-state index in [1.54, 1.807) is 6.07 Å². The smallest absolute Gasteiger partial charge is 0.138 e. The van der Waals surface area contributed by atoms with Crippen molar-refractivity contribution in [3.63, 3.8) is 0 Å². The molecule has 1 rings (SSSR count). The third-order valence-corrected chi connectivity index (χ3v) is 2.61. The van der Waals surface area contributed by atoms with E-state index in [2.05, 4.69) is 0 Å². The number of hydrogen-bond acceptors (Lipinski definition) is 2. The fraction of sp³-hybridized carbons (Fsp3) is 0.364. The van der Waals surface area contributed by atoms with E-state index in [-0.39, 0.29) is 18.0 Å². The van der Waals surface area contributed by atoms with Crippen molar-refractivity contribution in [2.45, 2.75) is 27.2 Å². The van der Waals surface area contributed by atoms with Gasteiger partial charge in [-0.1, -0.05) is 11.6 Å². The van der Waals surface area contributed by atoms with Crippen LogP contribution in [0.4, 0.5) is 0 Å². The Morgan fingerprint density at radius 1 is 1.50 bits per heavy atom. The van der Waals surface area contributed by atoms with E-state index in [4.69, 9.17) is 11.6 Å². The van der Waals surface area contributed by atoms with Gasteiger partial charge < -0.3 is 5.11 Å². The minimum atomic E-state index is 0.0186. The molecule has 0 aromatic heterocycles. The highest BCUT2D eigenvalue weighted by Crippen LogP contribution is 2.32. The third-order valence-electron chi connectivity index (χ3n) is 2.33. The molecule has 0 saturated heterocycles. The summed E-state index contributed by atoms with van der Waals surface area (Å²) in [7, 11) is 0. The van der Waals surface area contributed by atoms with E-state index in [0.717, 1.165) is 11.1 Å². The number of Topliss-reactive ketones (excluding diaryl/α,β-unsaturated/α-hetero) is 1. The Morgan fingerprint density at radius 2 is 2.07 bits per heavy atom. The molecular weight excluding hydrogens is 200 g/mol. The van der Waals surface area contributed by atoms with Crippen LogP contribution in [0.5, 0.6) is 5.75 Å². The van der Waals surface area contributed by atoms with Crippen LogP contribution in [0.2, 0.25) is 5.02 Å². The topological polar surface area (TPSA) is 37.3 Å². The summed E-state index contributed by atoms with van der Waals surface area (Å²) in [5, 5.41) is 9.98. The average molecular weight is 213 g/mol. The molecule has 1 aromatic carbocycles. The maximum atomic E-state index is 11.0. The highest BCUT2D eigenvalue weighted by atomic mass is 35.5. The molecule has 1 aromatic rings. The number of aryl methyl sites for hydroxylation is 1. The van der Waals surface area contributed by atoms with Crippen LogP contribution in [0.1, 0.15) is 23.6 Å². The second kappa shape index (κ2) is 4.01. The SMILES string of the molecule is CC(=O)Cc1c(C)c(C)cc(Cl)c1O. The van der Waals surface area contributed by atoms with Crippen LogP contribution in [-0.4, -0.2) is 10.9 Å². The monoisotopic (exact) mass is 212 g/mol. The lowest BCUT2D eigenvalue weighted by Crippen LogP contribution is -2.01. The minimum Gasteiger partial charge on any atom is -0.506 e. The Bertz CT molecular complexity index is 357. The number of halogens is 1. The maximum absolute atomic E-state index is 11.0. The molecule has 0 amide bonds. The van der Waals surface area contributed by atoms with Crippen LogP contribution >= 0.6 is 11.6 Å². The first kappa shape index (κ1) is 11.1. The number of carbonyl (C=O) groups is 1. The zero-order chi connectivity index (χ0) is 10.9. The van der Waals surface area contributed by atoms with Gasteiger partial charge in [-0.3, -0.25) is 4.79 Å². The molecule has 14 heavy (non-hydrogen) atoms. The molecule has 0 bridgehead atoms. The van der Waals surface area contributed by atoms with E-state index in [1.807, 2.05) is 13.8 Å². The van der Waals surface area contributed by atoms with Gasteiger partial charge in [-0.15, -0.1) is 0 Å². The molecule has 0 spiro atoms. The van der Waals surface area contributed by atoms with Gasteiger partial charge in [0.2, 0.25) is 0 Å². The lowest BCUT2D eigenvalue weighted by molar-refractivity contribution is -0.116. The van der Waals surface area contributed by atoms with Gasteiger partial charge in [0, 0.05) is 12.0 Å². The fourth-order valence-corrected chi connectivity index (χ4v) is 1.67. The summed E-state index contributed by atoms with van der Waals surface area (Å²) in [4.78, 5) is 11.0. The van der Waals surface area contributed by atoms with Crippen molar-refractivity contribution in [2.75, 3.05) is 0 Å². The summed E-state index contributed by atoms with van der Waals surface area (Å²) >= 11 is 5.81. The maximum Gasteiger partial charge on any atom is 0.138 e. The first-order valence-electron chi connectivity index (χ1n) is 4.40. The van der Waals surface area contributed by atoms with Crippen molar-refractivity contribution < 1.29 is 9.90 Å². The van der Waals surface area contributed by atoms with Gasteiger partial charge in [0.05, 0.1) is 5.02 Å². The number of phenolic OH excluding ortho intramolecular Hbond substituents is 1. The van der Waals surface area contributed by atoms with Crippen molar-refractivity contribution in [3.8, 4) is 5.75 Å². The average Bonchev–Trinajstić information content (AvgIpc) is 2.09. The molecule has 76 valence electrons. The second-order valence-corrected chi connectivity index (χ2v) is 3.91. The summed E-state index contributed by atoms with van der Waals surface area (Å²) in [6.45, 7) is 5.28. The number of ketones is 1. The van der Waals surface area contributed by atoms with E-state index < -0.39 is 0 Å². The number of phenols is 1. The highest BCUT2D eigenvalue weighted by molar-refractivity contribution is 6.32. The van der Waals surface area contributed by atoms with Gasteiger partial charge in [-0.25, -0.2) is 0 Å². The van der Waals surface area contributed by atoms with Crippen molar-refractivity contribution >= 4 is 17.4 Å². The van der Waals surface area contributed by atoms with Crippen LogP contribution in [0, 0.1) is 13.8 Å². The molecule has 0 aliphatic carbocycles. The Hall–Kier alpha value is -1.02. The van der Waals surface area contributed by atoms with E-state index in [1.165, 1.54) is 6.92 Å². The molecule has 2 nitrogen and oxygen atoms in total. The van der Waals surface area contributed by atoms with Gasteiger partial charge in [-0.2, -0.15) is 0 Å². The molecule has 0 saturated carbocycles. The molecule has 0 aliphatic heterocycles. The molecule has 0 fully saturated rings. The van der Waals surface area contributed by atoms with Gasteiger partial charge in [0.25, 0.3) is 0 Å². The van der Waals surface area contributed by atoms with Crippen LogP contribution in [-0.2, 0) is 11.2 Å². The van der Waals surface area contributed by atoms with Crippen molar-refractivity contribution in [1.29, 1.82) is 0 Å². The van der Waals surface area contributed by atoms with Gasteiger partial charge in [0.15, 0.2) is 0 Å². The Labute approximate surface area is 88.5 Å². The lowest BCUT2D eigenvalue weighted by Gasteiger charge is -2.11. The van der Waals surface area contributed by atoms with Crippen LogP contribution in [0.3, 0.4) is 0 Å². The number of aromatic hydroxyl groups is 1. The molecule has 3 heteroatoms. The predicted octanol–water partition coefficient (Wildman–Crippen LogP) is 2.79. The Kier molecular flexibility index (Phi) is 3.17. The van der Waals surface area contributed by atoms with Crippen molar-refractivity contribution in [3.05, 3.63) is 27.8 Å². The predicted molar refractivity (Wildman–Crippen MR) is 57.0 cm³/mol. The fourth-order valence-electron chi connectivity index (χ4n) is 1.39. The highest BCUT2D eigenvalue weighted by Gasteiger charge is 2.13. The van der Waals surface area contributed by atoms with E-state index >= 15 is 0 Å². The summed E-state index contributed by atoms with van der Waals surface area (Å²) in [6, 6.07) is 1.70. The quantitative estimate of drug-likeness (QED) is 0.819. The number of benzene rings is 1. The zero-order valence-corrected chi connectivity index (χ0v) is 9.27. The molecule has 1 N–H and O–H groups in total. The van der Waals surface area contributed by atoms with Crippen LogP contribution < -0.4 is 0 Å². The number of hydrogen-bond donors (Lipinski definition) is 1. The van der Waals surface area contributed by atoms with Crippen molar-refractivity contribution in [2.24, 2.45) is 0 Å². The zero-order valence-electron chi connectivity index (χ0n) is 8.52. The van der Waals surface area contributed by atoms with Crippen LogP contribution in [0.25, 0.3) is 0 Å². The van der Waals surface area contributed by atoms with Gasteiger partial charge in [0.1, 0.15) is 11.5 Å². The molecule has 0 unspecified atom stereocenters. The first-order valence-corrected chi connectivity index (χ1v) is 4.78. The Morgan fingerprint density at radius 3 is 2.57 bits per heavy atom. The molecule has 0 heterocycles. The molecule has 0 radical (unpaired) electrons. The lowest BCUT2D eigenvalue weighted by atomic mass is 9.98. The second-order valence-electron chi connectivity index (χ2n) is 3.51. The standard InChI is InChI=1S/C11H13ClO2/c1-6-4-10(12)11(14)9(8(6)3)5-7(2)13/h4,14H,5H2,1-3H3. The molecular formula is C11H13ClO2. The number of rotatable bonds is 2. The van der Waals surface area contributed by atoms with Gasteiger partial charge >= 0.3 is 0 Å². The summed E-state index contributed by atoms with van der Waals surface area (Å²) < 4.78 is 0. The van der Waals surface area contributed by atoms with Gasteiger partial charge in [-0.05, 0) is 38.0 Å². The number of carbonyl (C=O) groups excluding carboxylic acids is 1. The summed E-state index contributed by atoms with van der Waals surface area (Å²) in [6.07, 6.45) is 0.235. The normalized spacial score (nSPS) is 10.3. The molecule has 0 atom stereocenters. The summed E-state index contributed by atoms with van der Waals surface area (Å²) in [5.41, 5.74) is 2.56. The minimum absolute atomic E-state index is 0.0186. The Balaban J connectivity index is 3.31. The summed E-state index contributed by atoms with van der Waals surface area (Å²) in [5.74, 6) is 0.0510. The largest absolute Gasteiger partial charge is 0.506 e. The molecule has 0 aliphatic rings.